The second-order valence-electron chi connectivity index (χ2n) is 3.00. The van der Waals surface area contributed by atoms with Gasteiger partial charge in [-0.1, -0.05) is 30.3 Å². The minimum Gasteiger partial charge on any atom is -0.448 e. The summed E-state index contributed by atoms with van der Waals surface area (Å²) < 4.78 is 5.13. The highest BCUT2D eigenvalue weighted by Crippen LogP contribution is 2.28. The van der Waals surface area contributed by atoms with Crippen LogP contribution in [-0.4, -0.2) is 0 Å². The number of nitrogens with two attached hydrogens (primary N) is 1. The number of rotatable bonds is 1. The van der Waals surface area contributed by atoms with Gasteiger partial charge in [0.1, 0.15) is 6.26 Å². The van der Waals surface area contributed by atoms with Crippen molar-refractivity contribution in [3.05, 3.63) is 42.2 Å². The van der Waals surface area contributed by atoms with Gasteiger partial charge in [0.2, 0.25) is 0 Å². The van der Waals surface area contributed by atoms with Gasteiger partial charge in [-0.2, -0.15) is 0 Å². The van der Waals surface area contributed by atoms with Gasteiger partial charge in [-0.05, 0) is 12.5 Å². The summed E-state index contributed by atoms with van der Waals surface area (Å²) in [7, 11) is 0. The maximum Gasteiger partial charge on any atom is 0.193 e. The molecule has 0 atom stereocenters. The third kappa shape index (κ3) is 1.31. The van der Waals surface area contributed by atoms with Crippen molar-refractivity contribution in [2.24, 2.45) is 0 Å². The molecule has 2 N–H and O–H groups in total. The summed E-state index contributed by atoms with van der Waals surface area (Å²) in [6.45, 7) is 1.96. The second kappa shape index (κ2) is 2.98. The van der Waals surface area contributed by atoms with E-state index in [0.29, 0.717) is 5.88 Å². The highest BCUT2D eigenvalue weighted by molar-refractivity contribution is 5.69. The van der Waals surface area contributed by atoms with Gasteiger partial charge in [0.15, 0.2) is 5.88 Å². The zero-order chi connectivity index (χ0) is 9.26. The van der Waals surface area contributed by atoms with Crippen LogP contribution in [0.4, 0.5) is 5.88 Å². The Hall–Kier alpha value is -1.70. The van der Waals surface area contributed by atoms with E-state index in [0.717, 1.165) is 16.7 Å². The van der Waals surface area contributed by atoms with Crippen LogP contribution in [0, 0.1) is 6.92 Å². The van der Waals surface area contributed by atoms with Crippen LogP contribution in [0.15, 0.2) is 41.0 Å². The van der Waals surface area contributed by atoms with Crippen LogP contribution in [-0.2, 0) is 0 Å². The molecule has 0 unspecified atom stereocenters. The smallest absolute Gasteiger partial charge is 0.193 e. The average molecular weight is 173 g/mol. The Morgan fingerprint density at radius 2 is 1.85 bits per heavy atom. The van der Waals surface area contributed by atoms with Gasteiger partial charge in [-0.25, -0.2) is 0 Å². The van der Waals surface area contributed by atoms with Crippen molar-refractivity contribution in [3.8, 4) is 11.1 Å². The van der Waals surface area contributed by atoms with Crippen molar-refractivity contribution >= 4 is 5.88 Å². The molecule has 2 nitrogen and oxygen atoms in total. The number of hydrogen-bond acceptors (Lipinski definition) is 2. The molecule has 1 heterocycles. The van der Waals surface area contributed by atoms with E-state index in [-0.39, 0.29) is 0 Å². The predicted octanol–water partition coefficient (Wildman–Crippen LogP) is 2.84. The fraction of sp³-hybridized carbons (Fsp3) is 0.0909. The number of nitrogen functional groups attached to an aromatic ring is 1. The molecular formula is C11H11NO. The highest BCUT2D eigenvalue weighted by Gasteiger charge is 2.07. The lowest BCUT2D eigenvalue weighted by molar-refractivity contribution is 0.587. The van der Waals surface area contributed by atoms with Gasteiger partial charge in [0.25, 0.3) is 0 Å². The average Bonchev–Trinajstić information content (AvgIpc) is 2.49. The Kier molecular flexibility index (Phi) is 1.81. The molecule has 0 saturated heterocycles. The minimum atomic E-state index is 0.499. The van der Waals surface area contributed by atoms with Crippen molar-refractivity contribution in [2.45, 2.75) is 6.92 Å². The molecule has 13 heavy (non-hydrogen) atoms. The van der Waals surface area contributed by atoms with Gasteiger partial charge in [-0.15, -0.1) is 0 Å². The standard InChI is InChI=1S/C11H11NO/c1-8-10(7-13-11(8)12)9-5-3-2-4-6-9/h2-7H,12H2,1H3. The van der Waals surface area contributed by atoms with Crippen LogP contribution in [0.5, 0.6) is 0 Å². The molecule has 0 amide bonds. The quantitative estimate of drug-likeness (QED) is 0.720. The molecule has 0 aliphatic heterocycles. The Bertz CT molecular complexity index is 403. The molecule has 2 aromatic rings. The molecular weight excluding hydrogens is 162 g/mol. The van der Waals surface area contributed by atoms with Gasteiger partial charge in [-0.3, -0.25) is 0 Å². The predicted molar refractivity (Wildman–Crippen MR) is 53.3 cm³/mol. The molecule has 2 rings (SSSR count). The van der Waals surface area contributed by atoms with Crippen molar-refractivity contribution < 1.29 is 4.42 Å². The molecule has 0 fully saturated rings. The van der Waals surface area contributed by atoms with Crippen LogP contribution < -0.4 is 5.73 Å². The normalized spacial score (nSPS) is 10.2. The maximum absolute atomic E-state index is 5.61. The second-order valence-corrected chi connectivity index (χ2v) is 3.00. The Morgan fingerprint density at radius 3 is 2.38 bits per heavy atom. The molecule has 0 aliphatic rings. The third-order valence-electron chi connectivity index (χ3n) is 2.16. The Balaban J connectivity index is 2.53. The SMILES string of the molecule is Cc1c(-c2ccccc2)coc1N. The largest absolute Gasteiger partial charge is 0.448 e. The highest BCUT2D eigenvalue weighted by atomic mass is 16.3. The Labute approximate surface area is 77.0 Å². The van der Waals surface area contributed by atoms with E-state index in [9.17, 15) is 0 Å². The molecule has 0 bridgehead atoms. The van der Waals surface area contributed by atoms with Crippen LogP contribution in [0.25, 0.3) is 11.1 Å². The zero-order valence-corrected chi connectivity index (χ0v) is 7.45. The number of benzene rings is 1. The number of hydrogen-bond donors (Lipinski definition) is 1. The monoisotopic (exact) mass is 173 g/mol. The van der Waals surface area contributed by atoms with Crippen LogP contribution in [0.1, 0.15) is 5.56 Å². The zero-order valence-electron chi connectivity index (χ0n) is 7.45. The van der Waals surface area contributed by atoms with Gasteiger partial charge < -0.3 is 10.2 Å². The summed E-state index contributed by atoms with van der Waals surface area (Å²) in [6, 6.07) is 10.1. The summed E-state index contributed by atoms with van der Waals surface area (Å²) in [5.41, 5.74) is 8.82. The summed E-state index contributed by atoms with van der Waals surface area (Å²) in [6.07, 6.45) is 1.69. The molecule has 66 valence electrons. The van der Waals surface area contributed by atoms with Crippen molar-refractivity contribution in [2.75, 3.05) is 5.73 Å². The van der Waals surface area contributed by atoms with E-state index in [1.54, 1.807) is 6.26 Å². The summed E-state index contributed by atoms with van der Waals surface area (Å²) in [5.74, 6) is 0.499. The van der Waals surface area contributed by atoms with Gasteiger partial charge in [0.05, 0.1) is 0 Å². The van der Waals surface area contributed by atoms with Crippen LogP contribution in [0.2, 0.25) is 0 Å². The molecule has 0 aliphatic carbocycles. The third-order valence-corrected chi connectivity index (χ3v) is 2.16. The number of anilines is 1. The lowest BCUT2D eigenvalue weighted by atomic mass is 10.1. The fourth-order valence-corrected chi connectivity index (χ4v) is 1.33. The van der Waals surface area contributed by atoms with Gasteiger partial charge >= 0.3 is 0 Å². The van der Waals surface area contributed by atoms with E-state index in [1.807, 2.05) is 37.3 Å². The van der Waals surface area contributed by atoms with Crippen molar-refractivity contribution in [1.29, 1.82) is 0 Å². The maximum atomic E-state index is 5.61. The first-order chi connectivity index (χ1) is 6.29. The van der Waals surface area contributed by atoms with Crippen molar-refractivity contribution in [3.63, 3.8) is 0 Å². The van der Waals surface area contributed by atoms with Gasteiger partial charge in [0, 0.05) is 11.1 Å². The lowest BCUT2D eigenvalue weighted by Gasteiger charge is -1.97. The van der Waals surface area contributed by atoms with Crippen LogP contribution >= 0.6 is 0 Å². The summed E-state index contributed by atoms with van der Waals surface area (Å²) in [4.78, 5) is 0. The molecule has 0 radical (unpaired) electrons. The minimum absolute atomic E-state index is 0.499. The summed E-state index contributed by atoms with van der Waals surface area (Å²) in [5, 5.41) is 0. The van der Waals surface area contributed by atoms with E-state index in [2.05, 4.69) is 0 Å². The molecule has 0 spiro atoms. The fourth-order valence-electron chi connectivity index (χ4n) is 1.33. The topological polar surface area (TPSA) is 39.2 Å². The lowest BCUT2D eigenvalue weighted by Crippen LogP contribution is -1.84. The summed E-state index contributed by atoms with van der Waals surface area (Å²) >= 11 is 0. The van der Waals surface area contributed by atoms with E-state index >= 15 is 0 Å². The number of furan rings is 1. The van der Waals surface area contributed by atoms with E-state index < -0.39 is 0 Å². The molecule has 2 heteroatoms. The first-order valence-electron chi connectivity index (χ1n) is 4.18. The Morgan fingerprint density at radius 1 is 1.15 bits per heavy atom. The first-order valence-corrected chi connectivity index (χ1v) is 4.18. The van der Waals surface area contributed by atoms with E-state index in [1.165, 1.54) is 0 Å². The molecule has 1 aromatic heterocycles. The molecule has 0 saturated carbocycles. The van der Waals surface area contributed by atoms with Crippen molar-refractivity contribution in [1.82, 2.24) is 0 Å². The van der Waals surface area contributed by atoms with E-state index in [4.69, 9.17) is 10.2 Å². The van der Waals surface area contributed by atoms with Crippen LogP contribution in [0.3, 0.4) is 0 Å². The molecule has 1 aromatic carbocycles. The first kappa shape index (κ1) is 7.92.